The van der Waals surface area contributed by atoms with Gasteiger partial charge in [0.15, 0.2) is 0 Å². The first-order valence-corrected chi connectivity index (χ1v) is 6.62. The van der Waals surface area contributed by atoms with E-state index in [-0.39, 0.29) is 6.04 Å². The molecule has 0 bridgehead atoms. The second-order valence-electron chi connectivity index (χ2n) is 4.40. The molecular formula is C15H21NO2. The molecule has 1 aromatic carbocycles. The minimum absolute atomic E-state index is 0.246. The summed E-state index contributed by atoms with van der Waals surface area (Å²) in [6.45, 7) is 4.52. The highest BCUT2D eigenvalue weighted by Gasteiger charge is 2.16. The van der Waals surface area contributed by atoms with Crippen molar-refractivity contribution in [1.82, 2.24) is 5.32 Å². The summed E-state index contributed by atoms with van der Waals surface area (Å²) in [4.78, 5) is 0. The van der Waals surface area contributed by atoms with Crippen LogP contribution in [0, 0.1) is 0 Å². The molecular weight excluding hydrogens is 226 g/mol. The van der Waals surface area contributed by atoms with Crippen molar-refractivity contribution in [3.05, 3.63) is 42.2 Å². The van der Waals surface area contributed by atoms with Gasteiger partial charge >= 0.3 is 0 Å². The molecule has 1 aliphatic rings. The first kappa shape index (κ1) is 13.0. The molecule has 1 atom stereocenters. The third-order valence-corrected chi connectivity index (χ3v) is 3.02. The van der Waals surface area contributed by atoms with Crippen LogP contribution < -0.4 is 10.1 Å². The molecule has 0 spiro atoms. The van der Waals surface area contributed by atoms with E-state index in [1.807, 2.05) is 36.6 Å². The van der Waals surface area contributed by atoms with Gasteiger partial charge in [-0.25, -0.2) is 0 Å². The molecule has 1 aliphatic heterocycles. The summed E-state index contributed by atoms with van der Waals surface area (Å²) in [5.41, 5.74) is 1.30. The SMILES string of the molecule is CCNC(COc1ccccc1)C1=COCCC1. The minimum Gasteiger partial charge on any atom is -0.501 e. The van der Waals surface area contributed by atoms with Gasteiger partial charge in [-0.05, 0) is 37.1 Å². The fourth-order valence-electron chi connectivity index (χ4n) is 2.08. The van der Waals surface area contributed by atoms with Crippen molar-refractivity contribution in [3.63, 3.8) is 0 Å². The van der Waals surface area contributed by atoms with E-state index in [1.165, 1.54) is 5.57 Å². The van der Waals surface area contributed by atoms with Gasteiger partial charge in [0.1, 0.15) is 12.4 Å². The number of hydrogen-bond donors (Lipinski definition) is 1. The molecule has 1 heterocycles. The van der Waals surface area contributed by atoms with Crippen LogP contribution in [0.1, 0.15) is 19.8 Å². The lowest BCUT2D eigenvalue weighted by atomic mass is 10.0. The standard InChI is InChI=1S/C15H21NO2/c1-2-16-15(13-7-6-10-17-11-13)12-18-14-8-4-3-5-9-14/h3-5,8-9,11,15-16H,2,6-7,10,12H2,1H3. The van der Waals surface area contributed by atoms with Crippen LogP contribution in [-0.4, -0.2) is 25.8 Å². The summed E-state index contributed by atoms with van der Waals surface area (Å²) < 4.78 is 11.2. The van der Waals surface area contributed by atoms with Crippen molar-refractivity contribution in [2.45, 2.75) is 25.8 Å². The quantitative estimate of drug-likeness (QED) is 0.838. The maximum atomic E-state index is 5.82. The summed E-state index contributed by atoms with van der Waals surface area (Å²) >= 11 is 0. The Kier molecular flexibility index (Phi) is 5.09. The Hall–Kier alpha value is -1.48. The number of rotatable bonds is 6. The molecule has 0 saturated carbocycles. The molecule has 1 N–H and O–H groups in total. The summed E-state index contributed by atoms with van der Waals surface area (Å²) in [5.74, 6) is 0.915. The van der Waals surface area contributed by atoms with Crippen molar-refractivity contribution in [2.75, 3.05) is 19.8 Å². The Morgan fingerprint density at radius 1 is 1.33 bits per heavy atom. The van der Waals surface area contributed by atoms with Gasteiger partial charge in [0.2, 0.25) is 0 Å². The van der Waals surface area contributed by atoms with E-state index in [9.17, 15) is 0 Å². The average Bonchev–Trinajstić information content (AvgIpc) is 2.45. The lowest BCUT2D eigenvalue weighted by Gasteiger charge is -2.24. The maximum absolute atomic E-state index is 5.82. The highest BCUT2D eigenvalue weighted by atomic mass is 16.5. The van der Waals surface area contributed by atoms with Gasteiger partial charge in [-0.2, -0.15) is 0 Å². The van der Waals surface area contributed by atoms with Crippen LogP contribution >= 0.6 is 0 Å². The van der Waals surface area contributed by atoms with Gasteiger partial charge in [0.25, 0.3) is 0 Å². The summed E-state index contributed by atoms with van der Waals surface area (Å²) in [5, 5.41) is 3.45. The molecule has 0 radical (unpaired) electrons. The van der Waals surface area contributed by atoms with Gasteiger partial charge in [0.05, 0.1) is 18.9 Å². The van der Waals surface area contributed by atoms with Crippen LogP contribution in [0.2, 0.25) is 0 Å². The molecule has 98 valence electrons. The van der Waals surface area contributed by atoms with Gasteiger partial charge in [-0.15, -0.1) is 0 Å². The van der Waals surface area contributed by atoms with Crippen LogP contribution in [0.25, 0.3) is 0 Å². The molecule has 1 aromatic rings. The Balaban J connectivity index is 1.91. The molecule has 1 unspecified atom stereocenters. The Labute approximate surface area is 109 Å². The van der Waals surface area contributed by atoms with Crippen molar-refractivity contribution in [1.29, 1.82) is 0 Å². The van der Waals surface area contributed by atoms with Crippen LogP contribution in [0.4, 0.5) is 0 Å². The van der Waals surface area contributed by atoms with E-state index in [2.05, 4.69) is 12.2 Å². The number of para-hydroxylation sites is 1. The van der Waals surface area contributed by atoms with Gasteiger partial charge in [-0.3, -0.25) is 0 Å². The maximum Gasteiger partial charge on any atom is 0.119 e. The number of ether oxygens (including phenoxy) is 2. The lowest BCUT2D eigenvalue weighted by Crippen LogP contribution is -2.37. The molecule has 2 rings (SSSR count). The van der Waals surface area contributed by atoms with E-state index >= 15 is 0 Å². The summed E-state index contributed by atoms with van der Waals surface area (Å²) in [7, 11) is 0. The van der Waals surface area contributed by atoms with Gasteiger partial charge in [0, 0.05) is 0 Å². The highest BCUT2D eigenvalue weighted by molar-refractivity contribution is 5.21. The van der Waals surface area contributed by atoms with Crippen molar-refractivity contribution in [3.8, 4) is 5.75 Å². The number of benzene rings is 1. The highest BCUT2D eigenvalue weighted by Crippen LogP contribution is 2.17. The van der Waals surface area contributed by atoms with Gasteiger partial charge in [-0.1, -0.05) is 25.1 Å². The normalized spacial score (nSPS) is 16.6. The van der Waals surface area contributed by atoms with E-state index in [0.717, 1.165) is 31.7 Å². The number of likely N-dealkylation sites (N-methyl/N-ethyl adjacent to an activating group) is 1. The Morgan fingerprint density at radius 2 is 2.17 bits per heavy atom. The first-order valence-electron chi connectivity index (χ1n) is 6.62. The molecule has 0 aliphatic carbocycles. The molecule has 3 nitrogen and oxygen atoms in total. The predicted octanol–water partition coefficient (Wildman–Crippen LogP) is 2.74. The van der Waals surface area contributed by atoms with E-state index in [4.69, 9.17) is 9.47 Å². The number of nitrogens with one attached hydrogen (secondary N) is 1. The fourth-order valence-corrected chi connectivity index (χ4v) is 2.08. The molecule has 18 heavy (non-hydrogen) atoms. The second-order valence-corrected chi connectivity index (χ2v) is 4.40. The zero-order valence-corrected chi connectivity index (χ0v) is 10.9. The molecule has 0 fully saturated rings. The fraction of sp³-hybridized carbons (Fsp3) is 0.467. The Morgan fingerprint density at radius 3 is 2.83 bits per heavy atom. The number of hydrogen-bond acceptors (Lipinski definition) is 3. The lowest BCUT2D eigenvalue weighted by molar-refractivity contribution is 0.209. The zero-order chi connectivity index (χ0) is 12.6. The first-order chi connectivity index (χ1) is 8.90. The van der Waals surface area contributed by atoms with Crippen LogP contribution in [0.15, 0.2) is 42.2 Å². The van der Waals surface area contributed by atoms with Crippen molar-refractivity contribution >= 4 is 0 Å². The molecule has 3 heteroatoms. The zero-order valence-electron chi connectivity index (χ0n) is 10.9. The molecule has 0 saturated heterocycles. The van der Waals surface area contributed by atoms with Crippen molar-refractivity contribution < 1.29 is 9.47 Å². The smallest absolute Gasteiger partial charge is 0.119 e. The second kappa shape index (κ2) is 7.07. The minimum atomic E-state index is 0.246. The molecule has 0 aromatic heterocycles. The largest absolute Gasteiger partial charge is 0.501 e. The third kappa shape index (κ3) is 3.77. The van der Waals surface area contributed by atoms with Crippen LogP contribution in [-0.2, 0) is 4.74 Å². The van der Waals surface area contributed by atoms with Crippen LogP contribution in [0.3, 0.4) is 0 Å². The monoisotopic (exact) mass is 247 g/mol. The predicted molar refractivity (Wildman–Crippen MR) is 72.7 cm³/mol. The van der Waals surface area contributed by atoms with E-state index in [0.29, 0.717) is 6.61 Å². The third-order valence-electron chi connectivity index (χ3n) is 3.02. The van der Waals surface area contributed by atoms with Crippen molar-refractivity contribution in [2.24, 2.45) is 0 Å². The van der Waals surface area contributed by atoms with E-state index < -0.39 is 0 Å². The van der Waals surface area contributed by atoms with Crippen LogP contribution in [0.5, 0.6) is 5.75 Å². The van der Waals surface area contributed by atoms with Gasteiger partial charge < -0.3 is 14.8 Å². The summed E-state index contributed by atoms with van der Waals surface area (Å²) in [6.07, 6.45) is 4.08. The Bertz CT molecular complexity index is 375. The van der Waals surface area contributed by atoms with E-state index in [1.54, 1.807) is 0 Å². The molecule has 0 amide bonds. The average molecular weight is 247 g/mol. The summed E-state index contributed by atoms with van der Waals surface area (Å²) in [6, 6.07) is 10.2. The topological polar surface area (TPSA) is 30.5 Å².